The van der Waals surface area contributed by atoms with Crippen LogP contribution in [0, 0.1) is 0 Å². The predicted molar refractivity (Wildman–Crippen MR) is 118 cm³/mol. The van der Waals surface area contributed by atoms with Gasteiger partial charge in [0, 0.05) is 13.1 Å². The Labute approximate surface area is 183 Å². The number of H-pyrrole nitrogens is 1. The molecular formula is C20H21N7O4S. The standard InChI is InChI=1S/C20H21N7O4S/c1-21-32(28,29)13-4-5-15(27-6-9-30-10-7-27)14(11-13)24-19-17-18(16-3-2-8-31-16)25-26-20(17)23-12-22-19/h2-5,8,11-12,21H,6-7,9-10H2,1H3,(H2,22,23,24,25,26). The second-order valence-electron chi connectivity index (χ2n) is 7.11. The number of benzene rings is 1. The molecule has 1 aliphatic heterocycles. The molecule has 0 saturated carbocycles. The minimum Gasteiger partial charge on any atom is -0.463 e. The van der Waals surface area contributed by atoms with E-state index in [0.29, 0.717) is 60.3 Å². The second kappa shape index (κ2) is 8.22. The molecule has 1 saturated heterocycles. The minimum atomic E-state index is -3.64. The number of furan rings is 1. The zero-order valence-corrected chi connectivity index (χ0v) is 18.0. The molecule has 12 heteroatoms. The summed E-state index contributed by atoms with van der Waals surface area (Å²) < 4.78 is 38.2. The summed E-state index contributed by atoms with van der Waals surface area (Å²) in [6.45, 7) is 2.57. The SMILES string of the molecule is CNS(=O)(=O)c1ccc(N2CCOCC2)c(Nc2ncnc3n[nH]c(-c4ccco4)c23)c1. The molecule has 4 aromatic rings. The topological polar surface area (TPSA) is 138 Å². The Kier molecular flexibility index (Phi) is 5.25. The van der Waals surface area contributed by atoms with Crippen LogP contribution in [0.1, 0.15) is 0 Å². The number of anilines is 3. The summed E-state index contributed by atoms with van der Waals surface area (Å²) >= 11 is 0. The maximum atomic E-state index is 12.4. The number of nitrogens with zero attached hydrogens (tertiary/aromatic N) is 4. The largest absolute Gasteiger partial charge is 0.463 e. The fraction of sp³-hybridized carbons (Fsp3) is 0.250. The fourth-order valence-corrected chi connectivity index (χ4v) is 4.41. The highest BCUT2D eigenvalue weighted by molar-refractivity contribution is 7.89. The van der Waals surface area contributed by atoms with Crippen molar-refractivity contribution in [1.29, 1.82) is 0 Å². The molecule has 1 aromatic carbocycles. The summed E-state index contributed by atoms with van der Waals surface area (Å²) in [6, 6.07) is 8.56. The van der Waals surface area contributed by atoms with Crippen LogP contribution in [0.2, 0.25) is 0 Å². The van der Waals surface area contributed by atoms with E-state index in [2.05, 4.69) is 35.1 Å². The van der Waals surface area contributed by atoms with Crippen LogP contribution in [0.25, 0.3) is 22.5 Å². The Balaban J connectivity index is 1.63. The lowest BCUT2D eigenvalue weighted by Gasteiger charge is -2.31. The summed E-state index contributed by atoms with van der Waals surface area (Å²) in [4.78, 5) is 10.9. The lowest BCUT2D eigenvalue weighted by atomic mass is 10.2. The first-order chi connectivity index (χ1) is 15.6. The van der Waals surface area contributed by atoms with E-state index in [0.717, 1.165) is 5.69 Å². The number of sulfonamides is 1. The van der Waals surface area contributed by atoms with Crippen LogP contribution in [-0.2, 0) is 14.8 Å². The summed E-state index contributed by atoms with van der Waals surface area (Å²) in [5, 5.41) is 11.1. The Bertz CT molecular complexity index is 1350. The minimum absolute atomic E-state index is 0.142. The van der Waals surface area contributed by atoms with Crippen LogP contribution < -0.4 is 14.9 Å². The van der Waals surface area contributed by atoms with Gasteiger partial charge in [-0.3, -0.25) is 5.10 Å². The Morgan fingerprint density at radius 2 is 2.00 bits per heavy atom. The van der Waals surface area contributed by atoms with Gasteiger partial charge in [-0.1, -0.05) is 0 Å². The molecule has 0 spiro atoms. The molecule has 3 aromatic heterocycles. The quantitative estimate of drug-likeness (QED) is 0.399. The van der Waals surface area contributed by atoms with Crippen molar-refractivity contribution >= 4 is 38.2 Å². The van der Waals surface area contributed by atoms with E-state index in [4.69, 9.17) is 9.15 Å². The van der Waals surface area contributed by atoms with Crippen molar-refractivity contribution in [2.45, 2.75) is 4.90 Å². The average Bonchev–Trinajstić information content (AvgIpc) is 3.50. The number of fused-ring (bicyclic) bond motifs is 1. The smallest absolute Gasteiger partial charge is 0.240 e. The molecule has 32 heavy (non-hydrogen) atoms. The van der Waals surface area contributed by atoms with Crippen LogP contribution in [0.15, 0.2) is 52.2 Å². The zero-order valence-electron chi connectivity index (χ0n) is 17.2. The van der Waals surface area contributed by atoms with Crippen LogP contribution in [0.4, 0.5) is 17.2 Å². The van der Waals surface area contributed by atoms with Gasteiger partial charge in [0.15, 0.2) is 11.4 Å². The van der Waals surface area contributed by atoms with Gasteiger partial charge in [0.1, 0.15) is 17.8 Å². The summed E-state index contributed by atoms with van der Waals surface area (Å²) in [5.41, 5.74) is 2.52. The van der Waals surface area contributed by atoms with Crippen LogP contribution in [0.5, 0.6) is 0 Å². The third-order valence-corrected chi connectivity index (χ3v) is 6.68. The zero-order chi connectivity index (χ0) is 22.1. The van der Waals surface area contributed by atoms with Crippen molar-refractivity contribution in [2.75, 3.05) is 43.6 Å². The Morgan fingerprint density at radius 1 is 1.16 bits per heavy atom. The Hall–Kier alpha value is -3.48. The number of rotatable bonds is 6. The van der Waals surface area contributed by atoms with Crippen molar-refractivity contribution in [3.05, 3.63) is 42.9 Å². The molecule has 11 nitrogen and oxygen atoms in total. The van der Waals surface area contributed by atoms with Gasteiger partial charge >= 0.3 is 0 Å². The van der Waals surface area contributed by atoms with Gasteiger partial charge in [-0.25, -0.2) is 23.1 Å². The highest BCUT2D eigenvalue weighted by atomic mass is 32.2. The van der Waals surface area contributed by atoms with E-state index in [1.165, 1.54) is 13.4 Å². The van der Waals surface area contributed by atoms with Gasteiger partial charge in [0.05, 0.1) is 41.1 Å². The fourth-order valence-electron chi connectivity index (χ4n) is 3.66. The van der Waals surface area contributed by atoms with Crippen LogP contribution >= 0.6 is 0 Å². The van der Waals surface area contributed by atoms with Gasteiger partial charge in [-0.05, 0) is 37.4 Å². The number of ether oxygens (including phenoxy) is 1. The average molecular weight is 456 g/mol. The van der Waals surface area contributed by atoms with Crippen LogP contribution in [-0.4, -0.2) is 61.9 Å². The summed E-state index contributed by atoms with van der Waals surface area (Å²) in [5.74, 6) is 1.06. The van der Waals surface area contributed by atoms with Crippen LogP contribution in [0.3, 0.4) is 0 Å². The predicted octanol–water partition coefficient (Wildman–Crippen LogP) is 2.10. The van der Waals surface area contributed by atoms with E-state index in [1.807, 2.05) is 6.07 Å². The number of aromatic amines is 1. The first-order valence-electron chi connectivity index (χ1n) is 9.97. The van der Waals surface area contributed by atoms with Crippen molar-refractivity contribution in [3.8, 4) is 11.5 Å². The molecule has 0 aliphatic carbocycles. The first-order valence-corrected chi connectivity index (χ1v) is 11.5. The number of morpholine rings is 1. The highest BCUT2D eigenvalue weighted by Gasteiger charge is 2.22. The lowest BCUT2D eigenvalue weighted by molar-refractivity contribution is 0.123. The number of hydrogen-bond acceptors (Lipinski definition) is 9. The first kappa shape index (κ1) is 20.4. The maximum absolute atomic E-state index is 12.4. The third-order valence-electron chi connectivity index (χ3n) is 5.27. The Morgan fingerprint density at radius 3 is 2.75 bits per heavy atom. The van der Waals surface area contributed by atoms with E-state index in [9.17, 15) is 8.42 Å². The lowest BCUT2D eigenvalue weighted by Crippen LogP contribution is -2.36. The molecule has 4 heterocycles. The molecule has 0 unspecified atom stereocenters. The molecule has 0 bridgehead atoms. The number of aromatic nitrogens is 4. The van der Waals surface area contributed by atoms with E-state index < -0.39 is 10.0 Å². The second-order valence-corrected chi connectivity index (χ2v) is 8.99. The normalized spacial score (nSPS) is 14.7. The maximum Gasteiger partial charge on any atom is 0.240 e. The monoisotopic (exact) mass is 455 g/mol. The van der Waals surface area contributed by atoms with Gasteiger partial charge in [-0.2, -0.15) is 5.10 Å². The molecule has 5 rings (SSSR count). The molecule has 0 atom stereocenters. The van der Waals surface area contributed by atoms with E-state index in [1.54, 1.807) is 30.5 Å². The van der Waals surface area contributed by atoms with Crippen molar-refractivity contribution in [2.24, 2.45) is 0 Å². The summed E-state index contributed by atoms with van der Waals surface area (Å²) in [7, 11) is -2.25. The molecule has 0 amide bonds. The van der Waals surface area contributed by atoms with Gasteiger partial charge < -0.3 is 19.4 Å². The molecule has 3 N–H and O–H groups in total. The third kappa shape index (κ3) is 3.68. The number of hydrogen-bond donors (Lipinski definition) is 3. The van der Waals surface area contributed by atoms with Gasteiger partial charge in [-0.15, -0.1) is 0 Å². The summed E-state index contributed by atoms with van der Waals surface area (Å²) in [6.07, 6.45) is 2.97. The van der Waals surface area contributed by atoms with Crippen molar-refractivity contribution < 1.29 is 17.6 Å². The van der Waals surface area contributed by atoms with E-state index in [-0.39, 0.29) is 4.90 Å². The molecule has 166 valence electrons. The van der Waals surface area contributed by atoms with Crippen molar-refractivity contribution in [3.63, 3.8) is 0 Å². The highest BCUT2D eigenvalue weighted by Crippen LogP contribution is 2.36. The molecule has 1 fully saturated rings. The van der Waals surface area contributed by atoms with Gasteiger partial charge in [0.25, 0.3) is 0 Å². The van der Waals surface area contributed by atoms with E-state index >= 15 is 0 Å². The molecule has 1 aliphatic rings. The molecule has 0 radical (unpaired) electrons. The van der Waals surface area contributed by atoms with Gasteiger partial charge in [0.2, 0.25) is 10.0 Å². The number of nitrogens with one attached hydrogen (secondary N) is 3. The molecular weight excluding hydrogens is 434 g/mol. The van der Waals surface area contributed by atoms with Crippen molar-refractivity contribution in [1.82, 2.24) is 24.9 Å².